The van der Waals surface area contributed by atoms with Crippen molar-refractivity contribution in [3.05, 3.63) is 35.2 Å². The summed E-state index contributed by atoms with van der Waals surface area (Å²) < 4.78 is 18.4. The van der Waals surface area contributed by atoms with Crippen LogP contribution >= 0.6 is 0 Å². The van der Waals surface area contributed by atoms with Gasteiger partial charge < -0.3 is 19.5 Å². The van der Waals surface area contributed by atoms with E-state index in [9.17, 15) is 9.59 Å². The number of carbonyl (C=O) groups is 2. The molecule has 3 rings (SSSR count). The zero-order valence-electron chi connectivity index (χ0n) is 17.7. The van der Waals surface area contributed by atoms with Gasteiger partial charge in [-0.1, -0.05) is 12.1 Å². The normalized spacial score (nSPS) is 15.2. The maximum absolute atomic E-state index is 12.4. The number of anilines is 1. The van der Waals surface area contributed by atoms with Gasteiger partial charge in [0.25, 0.3) is 5.91 Å². The summed E-state index contributed by atoms with van der Waals surface area (Å²) >= 11 is 0. The van der Waals surface area contributed by atoms with Crippen LogP contribution in [0.5, 0.6) is 11.5 Å². The van der Waals surface area contributed by atoms with Crippen molar-refractivity contribution in [2.24, 2.45) is 7.05 Å². The van der Waals surface area contributed by atoms with E-state index in [1.807, 2.05) is 32.9 Å². The highest BCUT2D eigenvalue weighted by Crippen LogP contribution is 2.41. The number of rotatable bonds is 6. The number of esters is 1. The first kappa shape index (κ1) is 20.7. The Morgan fingerprint density at radius 2 is 2.07 bits per heavy atom. The second-order valence-electron chi connectivity index (χ2n) is 7.86. The van der Waals surface area contributed by atoms with Crippen LogP contribution in [0.15, 0.2) is 18.2 Å². The molecular weight excluding hydrogens is 374 g/mol. The number of aromatic nitrogens is 2. The number of fused-ring (bicyclic) bond motifs is 1. The molecule has 2 aromatic rings. The van der Waals surface area contributed by atoms with E-state index in [1.165, 1.54) is 6.92 Å². The minimum atomic E-state index is -0.971. The monoisotopic (exact) mass is 401 g/mol. The summed E-state index contributed by atoms with van der Waals surface area (Å²) in [5, 5.41) is 7.01. The molecule has 0 bridgehead atoms. The van der Waals surface area contributed by atoms with Gasteiger partial charge in [-0.05, 0) is 40.7 Å². The van der Waals surface area contributed by atoms with Crippen LogP contribution in [0.2, 0.25) is 0 Å². The number of carbonyl (C=O) groups excluding carboxylic acids is 2. The third kappa shape index (κ3) is 4.52. The highest BCUT2D eigenvalue weighted by Gasteiger charge is 2.32. The van der Waals surface area contributed by atoms with Crippen molar-refractivity contribution in [1.82, 2.24) is 9.78 Å². The lowest BCUT2D eigenvalue weighted by atomic mass is 10.0. The highest BCUT2D eigenvalue weighted by molar-refractivity contribution is 5.96. The predicted octanol–water partition coefficient (Wildman–Crippen LogP) is 2.70. The second kappa shape index (κ2) is 7.77. The van der Waals surface area contributed by atoms with E-state index in [0.717, 1.165) is 17.7 Å². The number of ether oxygens (including phenoxy) is 3. The minimum Gasteiger partial charge on any atom is -0.483 e. The summed E-state index contributed by atoms with van der Waals surface area (Å²) in [5.74, 6) is 0.0766. The molecule has 29 heavy (non-hydrogen) atoms. The maximum Gasteiger partial charge on any atom is 0.344 e. The number of hydrogen-bond acceptors (Lipinski definition) is 6. The summed E-state index contributed by atoms with van der Waals surface area (Å²) in [6, 6.07) is 5.58. The fourth-order valence-corrected chi connectivity index (χ4v) is 3.30. The van der Waals surface area contributed by atoms with Gasteiger partial charge >= 0.3 is 5.97 Å². The summed E-state index contributed by atoms with van der Waals surface area (Å²) in [6.45, 7) is 8.84. The fraction of sp³-hybridized carbons (Fsp3) is 0.476. The van der Waals surface area contributed by atoms with Crippen LogP contribution in [0.3, 0.4) is 0 Å². The number of nitrogens with zero attached hydrogens (tertiary/aromatic N) is 2. The molecule has 8 heteroatoms. The van der Waals surface area contributed by atoms with Gasteiger partial charge in [-0.25, -0.2) is 4.79 Å². The van der Waals surface area contributed by atoms with Crippen molar-refractivity contribution in [2.45, 2.75) is 52.7 Å². The molecule has 1 aliphatic heterocycles. The molecule has 1 N–H and O–H groups in total. The Balaban J connectivity index is 1.55. The molecule has 0 aliphatic carbocycles. The van der Waals surface area contributed by atoms with Crippen molar-refractivity contribution in [3.63, 3.8) is 0 Å². The Labute approximate surface area is 170 Å². The molecule has 1 amide bonds. The van der Waals surface area contributed by atoms with E-state index in [4.69, 9.17) is 14.2 Å². The molecule has 1 aliphatic rings. The minimum absolute atomic E-state index is 0.308. The number of benzene rings is 1. The zero-order valence-corrected chi connectivity index (χ0v) is 17.7. The first-order valence-corrected chi connectivity index (χ1v) is 9.51. The van der Waals surface area contributed by atoms with Gasteiger partial charge in [0.1, 0.15) is 5.60 Å². The summed E-state index contributed by atoms with van der Waals surface area (Å²) in [5.41, 5.74) is 2.86. The van der Waals surface area contributed by atoms with E-state index < -0.39 is 18.0 Å². The van der Waals surface area contributed by atoms with E-state index in [0.29, 0.717) is 22.9 Å². The van der Waals surface area contributed by atoms with Gasteiger partial charge in [-0.2, -0.15) is 5.10 Å². The van der Waals surface area contributed by atoms with Crippen LogP contribution in [-0.2, 0) is 27.8 Å². The number of amides is 1. The predicted molar refractivity (Wildman–Crippen MR) is 107 cm³/mol. The Morgan fingerprint density at radius 1 is 1.34 bits per heavy atom. The first-order chi connectivity index (χ1) is 13.6. The molecule has 1 aromatic heterocycles. The number of nitrogens with one attached hydrogen (secondary N) is 1. The van der Waals surface area contributed by atoms with Crippen molar-refractivity contribution < 1.29 is 23.8 Å². The molecule has 8 nitrogen and oxygen atoms in total. The summed E-state index contributed by atoms with van der Waals surface area (Å²) in [4.78, 5) is 24.5. The molecule has 1 atom stereocenters. The molecule has 156 valence electrons. The molecule has 0 fully saturated rings. The van der Waals surface area contributed by atoms with Crippen LogP contribution < -0.4 is 14.8 Å². The van der Waals surface area contributed by atoms with Crippen LogP contribution in [0, 0.1) is 13.8 Å². The lowest BCUT2D eigenvalue weighted by molar-refractivity contribution is -0.155. The zero-order chi connectivity index (χ0) is 21.3. The lowest BCUT2D eigenvalue weighted by Gasteiger charge is -2.18. The molecule has 0 radical (unpaired) electrons. The summed E-state index contributed by atoms with van der Waals surface area (Å²) in [6.07, 6.45) is -0.198. The van der Waals surface area contributed by atoms with Gasteiger partial charge in [0, 0.05) is 19.0 Å². The molecular formula is C21H27N3O5. The Hall–Kier alpha value is -3.03. The van der Waals surface area contributed by atoms with E-state index in [2.05, 4.69) is 10.4 Å². The van der Waals surface area contributed by atoms with Crippen LogP contribution in [0.4, 0.5) is 5.69 Å². The smallest absolute Gasteiger partial charge is 0.344 e. The quantitative estimate of drug-likeness (QED) is 0.749. The second-order valence-corrected chi connectivity index (χ2v) is 7.86. The van der Waals surface area contributed by atoms with Crippen molar-refractivity contribution in [2.75, 3.05) is 11.9 Å². The number of aryl methyl sites for hydroxylation is 2. The average Bonchev–Trinajstić information content (AvgIpc) is 3.08. The maximum atomic E-state index is 12.4. The topological polar surface area (TPSA) is 91.7 Å². The molecule has 0 saturated heterocycles. The van der Waals surface area contributed by atoms with Gasteiger partial charge in [-0.3, -0.25) is 9.48 Å². The van der Waals surface area contributed by atoms with Crippen LogP contribution in [-0.4, -0.2) is 40.0 Å². The first-order valence-electron chi connectivity index (χ1n) is 9.51. The Morgan fingerprint density at radius 3 is 2.72 bits per heavy atom. The van der Waals surface area contributed by atoms with Crippen molar-refractivity contribution in [1.29, 1.82) is 0 Å². The van der Waals surface area contributed by atoms with Gasteiger partial charge in [-0.15, -0.1) is 0 Å². The van der Waals surface area contributed by atoms with Gasteiger partial charge in [0.2, 0.25) is 0 Å². The Kier molecular flexibility index (Phi) is 5.55. The molecule has 2 heterocycles. The van der Waals surface area contributed by atoms with E-state index in [-0.39, 0.29) is 12.2 Å². The highest BCUT2D eigenvalue weighted by atomic mass is 16.6. The van der Waals surface area contributed by atoms with Gasteiger partial charge in [0.05, 0.1) is 17.1 Å². The molecule has 1 aromatic carbocycles. The number of para-hydroxylation sites is 1. The third-order valence-corrected chi connectivity index (χ3v) is 4.84. The van der Waals surface area contributed by atoms with Crippen LogP contribution in [0.25, 0.3) is 0 Å². The van der Waals surface area contributed by atoms with E-state index >= 15 is 0 Å². The number of hydrogen-bond donors (Lipinski definition) is 1. The molecule has 0 saturated carbocycles. The molecule has 0 unspecified atom stereocenters. The summed E-state index contributed by atoms with van der Waals surface area (Å²) in [7, 11) is 1.80. The third-order valence-electron chi connectivity index (χ3n) is 4.84. The fourth-order valence-electron chi connectivity index (χ4n) is 3.30. The van der Waals surface area contributed by atoms with Gasteiger partial charge in [0.15, 0.2) is 24.2 Å². The van der Waals surface area contributed by atoms with E-state index in [1.54, 1.807) is 24.7 Å². The Bertz CT molecular complexity index is 948. The standard InChI is InChI=1S/C21H27N3O5/c1-12-18(13(2)24(6)23-12)22-20(26)14(3)28-17(25)11-27-16-9-7-8-15-10-21(4,5)29-19(15)16/h7-9,14H,10-11H2,1-6H3,(H,22,26)/t14-/m0/s1. The van der Waals surface area contributed by atoms with Crippen molar-refractivity contribution >= 4 is 17.6 Å². The average molecular weight is 401 g/mol. The SMILES string of the molecule is Cc1nn(C)c(C)c1NC(=O)[C@H](C)OC(=O)COc1cccc2c1OC(C)(C)C2. The molecule has 0 spiro atoms. The van der Waals surface area contributed by atoms with Crippen LogP contribution in [0.1, 0.15) is 37.7 Å². The van der Waals surface area contributed by atoms with Crippen molar-refractivity contribution in [3.8, 4) is 11.5 Å². The largest absolute Gasteiger partial charge is 0.483 e. The lowest BCUT2D eigenvalue weighted by Crippen LogP contribution is -2.32.